The third-order valence-electron chi connectivity index (χ3n) is 5.94. The normalized spacial score (nSPS) is 13.9. The highest BCUT2D eigenvalue weighted by molar-refractivity contribution is 7.12. The van der Waals surface area contributed by atoms with E-state index < -0.39 is 0 Å². The van der Waals surface area contributed by atoms with Gasteiger partial charge in [-0.2, -0.15) is 0 Å². The molecular formula is C25H26N4O3S. The Morgan fingerprint density at radius 2 is 1.91 bits per heavy atom. The molecule has 0 aliphatic carbocycles. The number of rotatable bonds is 6. The van der Waals surface area contributed by atoms with Gasteiger partial charge >= 0.3 is 0 Å². The van der Waals surface area contributed by atoms with Crippen molar-refractivity contribution in [2.45, 2.75) is 39.7 Å². The molecule has 2 aromatic carbocycles. The summed E-state index contributed by atoms with van der Waals surface area (Å²) in [6.45, 7) is 6.50. The summed E-state index contributed by atoms with van der Waals surface area (Å²) in [5, 5.41) is 13.1. The molecule has 0 bridgehead atoms. The van der Waals surface area contributed by atoms with Gasteiger partial charge in [-0.25, -0.2) is 4.63 Å². The lowest BCUT2D eigenvalue weighted by Gasteiger charge is -2.28. The number of piperidine rings is 1. The van der Waals surface area contributed by atoms with Crippen molar-refractivity contribution in [2.75, 3.05) is 23.3 Å². The van der Waals surface area contributed by atoms with E-state index in [0.717, 1.165) is 35.7 Å². The molecule has 0 unspecified atom stereocenters. The molecule has 0 atom stereocenters. The van der Waals surface area contributed by atoms with Crippen molar-refractivity contribution in [3.8, 4) is 5.75 Å². The number of nitrogens with one attached hydrogen (secondary N) is 1. The molecule has 1 N–H and O–H groups in total. The molecule has 1 saturated heterocycles. The molecule has 1 amide bonds. The van der Waals surface area contributed by atoms with Gasteiger partial charge in [-0.1, -0.05) is 17.7 Å². The summed E-state index contributed by atoms with van der Waals surface area (Å²) in [5.74, 6) is 0.667. The highest BCUT2D eigenvalue weighted by Crippen LogP contribution is 2.32. The van der Waals surface area contributed by atoms with Crippen LogP contribution in [0.5, 0.6) is 5.75 Å². The number of thiophene rings is 1. The lowest BCUT2D eigenvalue weighted by Crippen LogP contribution is -2.29. The fourth-order valence-electron chi connectivity index (χ4n) is 4.22. The molecule has 5 rings (SSSR count). The molecule has 1 aliphatic rings. The summed E-state index contributed by atoms with van der Waals surface area (Å²) in [6.07, 6.45) is 3.58. The number of fused-ring (bicyclic) bond motifs is 1. The Kier molecular flexibility index (Phi) is 6.00. The van der Waals surface area contributed by atoms with E-state index in [2.05, 4.69) is 33.5 Å². The molecule has 2 aromatic heterocycles. The number of carbonyl (C=O) groups is 1. The summed E-state index contributed by atoms with van der Waals surface area (Å²) >= 11 is 1.39. The quantitative estimate of drug-likeness (QED) is 0.395. The van der Waals surface area contributed by atoms with E-state index in [0.29, 0.717) is 28.2 Å². The highest BCUT2D eigenvalue weighted by Gasteiger charge is 2.20. The van der Waals surface area contributed by atoms with Gasteiger partial charge in [0.15, 0.2) is 11.0 Å². The largest absolute Gasteiger partial charge is 0.489 e. The second kappa shape index (κ2) is 9.23. The number of hydrogen-bond donors (Lipinski definition) is 1. The maximum Gasteiger partial charge on any atom is 0.265 e. The van der Waals surface area contributed by atoms with E-state index in [-0.39, 0.29) is 5.91 Å². The summed E-state index contributed by atoms with van der Waals surface area (Å²) in [5.41, 5.74) is 6.11. The molecule has 33 heavy (non-hydrogen) atoms. The zero-order valence-electron chi connectivity index (χ0n) is 18.8. The first kappa shape index (κ1) is 21.5. The van der Waals surface area contributed by atoms with E-state index in [4.69, 9.17) is 9.37 Å². The number of carbonyl (C=O) groups excluding carboxylic acids is 1. The molecular weight excluding hydrogens is 436 g/mol. The Labute approximate surface area is 196 Å². The number of ether oxygens (including phenoxy) is 1. The first-order chi connectivity index (χ1) is 16.1. The number of aryl methyl sites for hydroxylation is 2. The molecule has 170 valence electrons. The first-order valence-corrected chi connectivity index (χ1v) is 12.1. The van der Waals surface area contributed by atoms with Crippen molar-refractivity contribution >= 4 is 39.7 Å². The minimum Gasteiger partial charge on any atom is -0.489 e. The molecule has 0 radical (unpaired) electrons. The van der Waals surface area contributed by atoms with Gasteiger partial charge in [0.1, 0.15) is 12.4 Å². The molecule has 1 fully saturated rings. The number of anilines is 2. The first-order valence-electron chi connectivity index (χ1n) is 11.2. The van der Waals surface area contributed by atoms with Gasteiger partial charge in [0.2, 0.25) is 0 Å². The van der Waals surface area contributed by atoms with Crippen LogP contribution in [0, 0.1) is 13.8 Å². The third kappa shape index (κ3) is 4.57. The summed E-state index contributed by atoms with van der Waals surface area (Å²) in [7, 11) is 0. The maximum atomic E-state index is 12.9. The van der Waals surface area contributed by atoms with Crippen molar-refractivity contribution in [3.63, 3.8) is 0 Å². The van der Waals surface area contributed by atoms with Gasteiger partial charge in [0.05, 0.1) is 16.3 Å². The Hall–Kier alpha value is -3.39. The van der Waals surface area contributed by atoms with E-state index in [1.807, 2.05) is 42.6 Å². The van der Waals surface area contributed by atoms with Crippen LogP contribution in [-0.4, -0.2) is 29.3 Å². The van der Waals surface area contributed by atoms with Crippen LogP contribution in [0.2, 0.25) is 0 Å². The van der Waals surface area contributed by atoms with Gasteiger partial charge in [-0.05, 0) is 78.6 Å². The minimum absolute atomic E-state index is 0.187. The van der Waals surface area contributed by atoms with Crippen LogP contribution in [0.3, 0.4) is 0 Å². The van der Waals surface area contributed by atoms with Gasteiger partial charge in [-0.3, -0.25) is 4.79 Å². The number of amides is 1. The van der Waals surface area contributed by atoms with Crippen LogP contribution in [0.1, 0.15) is 45.6 Å². The van der Waals surface area contributed by atoms with Crippen molar-refractivity contribution in [1.82, 2.24) is 10.3 Å². The molecule has 0 saturated carbocycles. The van der Waals surface area contributed by atoms with Crippen molar-refractivity contribution in [2.24, 2.45) is 0 Å². The van der Waals surface area contributed by atoms with Crippen LogP contribution in [0.25, 0.3) is 11.0 Å². The SMILES string of the molecule is Cc1ccc(OCc2csc(C(=O)Nc3ccc(N4CCCCC4)c4nonc34)c2)c(C)c1. The molecule has 0 spiro atoms. The zero-order chi connectivity index (χ0) is 22.8. The lowest BCUT2D eigenvalue weighted by molar-refractivity contribution is 0.103. The van der Waals surface area contributed by atoms with Crippen LogP contribution >= 0.6 is 11.3 Å². The predicted molar refractivity (Wildman–Crippen MR) is 130 cm³/mol. The Bertz CT molecular complexity index is 1290. The third-order valence-corrected chi connectivity index (χ3v) is 6.92. The topological polar surface area (TPSA) is 80.5 Å². The lowest BCUT2D eigenvalue weighted by atomic mass is 10.1. The Balaban J connectivity index is 1.28. The average Bonchev–Trinajstić information content (AvgIpc) is 3.50. The zero-order valence-corrected chi connectivity index (χ0v) is 19.6. The maximum absolute atomic E-state index is 12.9. The fraction of sp³-hybridized carbons (Fsp3) is 0.320. The van der Waals surface area contributed by atoms with Gasteiger partial charge in [0, 0.05) is 18.7 Å². The van der Waals surface area contributed by atoms with Crippen LogP contribution in [-0.2, 0) is 6.61 Å². The summed E-state index contributed by atoms with van der Waals surface area (Å²) in [6, 6.07) is 11.8. The number of hydrogen-bond acceptors (Lipinski definition) is 7. The molecule has 8 heteroatoms. The van der Waals surface area contributed by atoms with E-state index in [1.165, 1.54) is 36.2 Å². The standard InChI is InChI=1S/C25H26N4O3S/c1-16-6-9-21(17(2)12-16)31-14-18-13-22(33-15-18)25(30)26-19-7-8-20(24-23(19)27-32-28-24)29-10-4-3-5-11-29/h6-9,12-13,15H,3-5,10-11,14H2,1-2H3,(H,26,30). The molecule has 4 aromatic rings. The monoisotopic (exact) mass is 462 g/mol. The van der Waals surface area contributed by atoms with E-state index in [1.54, 1.807) is 0 Å². The van der Waals surface area contributed by atoms with Gasteiger partial charge in [0.25, 0.3) is 5.91 Å². The van der Waals surface area contributed by atoms with E-state index >= 15 is 0 Å². The van der Waals surface area contributed by atoms with Gasteiger partial charge in [-0.15, -0.1) is 11.3 Å². The smallest absolute Gasteiger partial charge is 0.265 e. The second-order valence-electron chi connectivity index (χ2n) is 8.47. The predicted octanol–water partition coefficient (Wildman–Crippen LogP) is 5.72. The number of benzene rings is 2. The molecule has 3 heterocycles. The number of nitrogens with zero attached hydrogens (tertiary/aromatic N) is 3. The highest BCUT2D eigenvalue weighted by atomic mass is 32.1. The van der Waals surface area contributed by atoms with Crippen molar-refractivity contribution < 1.29 is 14.2 Å². The summed E-state index contributed by atoms with van der Waals surface area (Å²) < 4.78 is 11.0. The fourth-order valence-corrected chi connectivity index (χ4v) is 5.01. The van der Waals surface area contributed by atoms with Crippen LogP contribution < -0.4 is 15.0 Å². The Morgan fingerprint density at radius 3 is 2.73 bits per heavy atom. The number of aromatic nitrogens is 2. The van der Waals surface area contributed by atoms with Crippen LogP contribution in [0.15, 0.2) is 46.4 Å². The van der Waals surface area contributed by atoms with Crippen molar-refractivity contribution in [1.29, 1.82) is 0 Å². The van der Waals surface area contributed by atoms with Crippen molar-refractivity contribution in [3.05, 3.63) is 63.3 Å². The summed E-state index contributed by atoms with van der Waals surface area (Å²) in [4.78, 5) is 15.8. The minimum atomic E-state index is -0.187. The Morgan fingerprint density at radius 1 is 1.09 bits per heavy atom. The van der Waals surface area contributed by atoms with Gasteiger partial charge < -0.3 is 15.0 Å². The van der Waals surface area contributed by atoms with Crippen LogP contribution in [0.4, 0.5) is 11.4 Å². The van der Waals surface area contributed by atoms with E-state index in [9.17, 15) is 4.79 Å². The second-order valence-corrected chi connectivity index (χ2v) is 9.38. The molecule has 7 nitrogen and oxygen atoms in total. The molecule has 1 aliphatic heterocycles. The average molecular weight is 463 g/mol.